The zero-order valence-corrected chi connectivity index (χ0v) is 22.9. The molecule has 9 nitrogen and oxygen atoms in total. The summed E-state index contributed by atoms with van der Waals surface area (Å²) in [6, 6.07) is 14.8. The molecule has 202 valence electrons. The lowest BCUT2D eigenvalue weighted by molar-refractivity contribution is 0.185. The molecule has 0 aliphatic rings. The Bertz CT molecular complexity index is 1600. The maximum Gasteiger partial charge on any atom is 0.179 e. The Morgan fingerprint density at radius 2 is 1.92 bits per heavy atom. The number of imidazole rings is 2. The quantitative estimate of drug-likeness (QED) is 0.161. The predicted octanol–water partition coefficient (Wildman–Crippen LogP) is 5.63. The molecule has 39 heavy (non-hydrogen) atoms. The zero-order chi connectivity index (χ0) is 27.4. The van der Waals surface area contributed by atoms with Crippen molar-refractivity contribution >= 4 is 28.0 Å². The van der Waals surface area contributed by atoms with Gasteiger partial charge in [0.05, 0.1) is 30.3 Å². The molecule has 0 aliphatic heterocycles. The number of anilines is 1. The van der Waals surface area contributed by atoms with Crippen molar-refractivity contribution in [2.45, 2.75) is 59.2 Å². The molecular weight excluding hydrogens is 488 g/mol. The Balaban J connectivity index is 1.13. The van der Waals surface area contributed by atoms with Gasteiger partial charge in [-0.25, -0.2) is 19.9 Å². The minimum Gasteiger partial charge on any atom is -0.480 e. The minimum atomic E-state index is 0.362. The summed E-state index contributed by atoms with van der Waals surface area (Å²) in [6.07, 6.45) is 6.35. The molecule has 5 aromatic rings. The molecule has 9 heteroatoms. The second-order valence-corrected chi connectivity index (χ2v) is 9.95. The number of nitrogens with one attached hydrogen (secondary N) is 1. The smallest absolute Gasteiger partial charge is 0.179 e. The highest BCUT2D eigenvalue weighted by molar-refractivity contribution is 5.84. The first kappa shape index (κ1) is 26.2. The molecule has 0 aliphatic carbocycles. The standard InChI is InChI=1S/C30H36N8O/c1-5-23-10-6-7-11-24(23)29-35-28(31)27-30(36-29)37(18-34-27)14-8-9-15-39-21(4)32-17-22-12-13-25-26(16-22)38(19-33-25)20(2)3/h6-7,10-13,16,18-20,32H,4-5,8-9,14-15,17H2,1-3H3,(H2,31,35,36). The molecule has 2 aromatic carbocycles. The highest BCUT2D eigenvalue weighted by Crippen LogP contribution is 2.25. The van der Waals surface area contributed by atoms with Gasteiger partial charge < -0.3 is 24.9 Å². The summed E-state index contributed by atoms with van der Waals surface area (Å²) in [5.41, 5.74) is 13.1. The van der Waals surface area contributed by atoms with E-state index in [1.807, 2.05) is 29.1 Å². The van der Waals surface area contributed by atoms with Crippen LogP contribution in [0.4, 0.5) is 5.82 Å². The third-order valence-electron chi connectivity index (χ3n) is 6.88. The van der Waals surface area contributed by atoms with Crippen molar-refractivity contribution in [1.29, 1.82) is 0 Å². The first-order valence-corrected chi connectivity index (χ1v) is 13.5. The van der Waals surface area contributed by atoms with Gasteiger partial charge in [-0.05, 0) is 62.9 Å². The van der Waals surface area contributed by atoms with E-state index in [1.165, 1.54) is 5.56 Å². The van der Waals surface area contributed by atoms with E-state index in [4.69, 9.17) is 15.5 Å². The molecule has 0 saturated carbocycles. The van der Waals surface area contributed by atoms with Gasteiger partial charge in [0, 0.05) is 24.7 Å². The number of nitrogens with two attached hydrogens (primary N) is 1. The second-order valence-electron chi connectivity index (χ2n) is 9.95. The van der Waals surface area contributed by atoms with Crippen LogP contribution in [0, 0.1) is 0 Å². The van der Waals surface area contributed by atoms with Crippen molar-refractivity contribution in [2.24, 2.45) is 0 Å². The number of unbranched alkanes of at least 4 members (excludes halogenated alkanes) is 1. The number of aryl methyl sites for hydroxylation is 2. The summed E-state index contributed by atoms with van der Waals surface area (Å²) < 4.78 is 10.1. The number of hydrogen-bond acceptors (Lipinski definition) is 7. The molecule has 0 unspecified atom stereocenters. The Hall–Kier alpha value is -4.40. The van der Waals surface area contributed by atoms with Crippen LogP contribution in [-0.4, -0.2) is 35.7 Å². The maximum absolute atomic E-state index is 6.25. The summed E-state index contributed by atoms with van der Waals surface area (Å²) in [5, 5.41) is 3.28. The highest BCUT2D eigenvalue weighted by Gasteiger charge is 2.14. The van der Waals surface area contributed by atoms with Crippen molar-refractivity contribution in [3.8, 4) is 11.4 Å². The lowest BCUT2D eigenvalue weighted by atomic mass is 10.0. The topological polar surface area (TPSA) is 109 Å². The number of hydrogen-bond donors (Lipinski definition) is 2. The molecular formula is C30H36N8O. The average molecular weight is 525 g/mol. The maximum atomic E-state index is 6.25. The van der Waals surface area contributed by atoms with Crippen LogP contribution in [0.5, 0.6) is 0 Å². The summed E-state index contributed by atoms with van der Waals surface area (Å²) >= 11 is 0. The molecule has 3 heterocycles. The van der Waals surface area contributed by atoms with Gasteiger partial charge in [-0.1, -0.05) is 37.3 Å². The summed E-state index contributed by atoms with van der Waals surface area (Å²) in [4.78, 5) is 18.3. The van der Waals surface area contributed by atoms with E-state index in [2.05, 4.69) is 76.5 Å². The molecule has 0 bridgehead atoms. The van der Waals surface area contributed by atoms with Gasteiger partial charge in [0.15, 0.2) is 23.2 Å². The summed E-state index contributed by atoms with van der Waals surface area (Å²) in [5.74, 6) is 1.61. The monoisotopic (exact) mass is 524 g/mol. The highest BCUT2D eigenvalue weighted by atomic mass is 16.5. The van der Waals surface area contributed by atoms with E-state index in [0.717, 1.165) is 53.6 Å². The fraction of sp³-hybridized carbons (Fsp3) is 0.333. The van der Waals surface area contributed by atoms with Crippen molar-refractivity contribution in [3.05, 3.63) is 78.7 Å². The molecule has 0 atom stereocenters. The van der Waals surface area contributed by atoms with Gasteiger partial charge >= 0.3 is 0 Å². The van der Waals surface area contributed by atoms with Crippen LogP contribution >= 0.6 is 0 Å². The first-order valence-electron chi connectivity index (χ1n) is 13.5. The second kappa shape index (κ2) is 11.6. The van der Waals surface area contributed by atoms with E-state index in [9.17, 15) is 0 Å². The minimum absolute atomic E-state index is 0.362. The van der Waals surface area contributed by atoms with Crippen molar-refractivity contribution < 1.29 is 4.74 Å². The van der Waals surface area contributed by atoms with E-state index in [-0.39, 0.29) is 0 Å². The normalized spacial score (nSPS) is 11.5. The molecule has 3 N–H and O–H groups in total. The lowest BCUT2D eigenvalue weighted by Crippen LogP contribution is -2.15. The van der Waals surface area contributed by atoms with Crippen LogP contribution < -0.4 is 11.1 Å². The zero-order valence-electron chi connectivity index (χ0n) is 22.9. The predicted molar refractivity (Wildman–Crippen MR) is 156 cm³/mol. The van der Waals surface area contributed by atoms with Gasteiger partial charge in [-0.15, -0.1) is 0 Å². The van der Waals surface area contributed by atoms with Gasteiger partial charge in [0.25, 0.3) is 0 Å². The van der Waals surface area contributed by atoms with Crippen LogP contribution in [0.15, 0.2) is 67.6 Å². The molecule has 0 radical (unpaired) electrons. The SMILES string of the molecule is C=C(NCc1ccc2ncn(C(C)C)c2c1)OCCCCn1cnc2c(N)nc(-c3ccccc3CC)nc21. The molecule has 5 rings (SSSR count). The first-order chi connectivity index (χ1) is 18.9. The van der Waals surface area contributed by atoms with Gasteiger partial charge in [-0.2, -0.15) is 0 Å². The van der Waals surface area contributed by atoms with Gasteiger partial charge in [-0.3, -0.25) is 0 Å². The van der Waals surface area contributed by atoms with Crippen LogP contribution in [0.2, 0.25) is 0 Å². The Morgan fingerprint density at radius 3 is 2.74 bits per heavy atom. The van der Waals surface area contributed by atoms with E-state index in [1.54, 1.807) is 6.33 Å². The third-order valence-corrected chi connectivity index (χ3v) is 6.88. The van der Waals surface area contributed by atoms with Crippen molar-refractivity contribution in [2.75, 3.05) is 12.3 Å². The molecule has 0 fully saturated rings. The fourth-order valence-electron chi connectivity index (χ4n) is 4.72. The van der Waals surface area contributed by atoms with Crippen LogP contribution in [0.3, 0.4) is 0 Å². The Kier molecular flexibility index (Phi) is 7.76. The third kappa shape index (κ3) is 5.72. The number of nitrogens with zero attached hydrogens (tertiary/aromatic N) is 6. The van der Waals surface area contributed by atoms with E-state index in [0.29, 0.717) is 42.2 Å². The number of benzene rings is 2. The number of ether oxygens (including phenoxy) is 1. The Morgan fingerprint density at radius 1 is 1.08 bits per heavy atom. The lowest BCUT2D eigenvalue weighted by Gasteiger charge is -2.13. The number of nitrogen functional groups attached to an aromatic ring is 1. The van der Waals surface area contributed by atoms with E-state index < -0.39 is 0 Å². The van der Waals surface area contributed by atoms with Gasteiger partial charge in [0.1, 0.15) is 5.52 Å². The fourth-order valence-corrected chi connectivity index (χ4v) is 4.72. The van der Waals surface area contributed by atoms with Crippen molar-refractivity contribution in [1.82, 2.24) is 34.4 Å². The average Bonchev–Trinajstić information content (AvgIpc) is 3.56. The number of fused-ring (bicyclic) bond motifs is 2. The number of rotatable bonds is 12. The van der Waals surface area contributed by atoms with E-state index >= 15 is 0 Å². The van der Waals surface area contributed by atoms with Crippen LogP contribution in [-0.2, 0) is 24.2 Å². The molecule has 0 amide bonds. The largest absolute Gasteiger partial charge is 0.480 e. The molecule has 3 aromatic heterocycles. The molecule has 0 spiro atoms. The van der Waals surface area contributed by atoms with Crippen LogP contribution in [0.25, 0.3) is 33.6 Å². The number of aromatic nitrogens is 6. The van der Waals surface area contributed by atoms with Crippen LogP contribution in [0.1, 0.15) is 50.8 Å². The molecule has 0 saturated heterocycles. The summed E-state index contributed by atoms with van der Waals surface area (Å²) in [7, 11) is 0. The van der Waals surface area contributed by atoms with Crippen molar-refractivity contribution in [3.63, 3.8) is 0 Å². The Labute approximate surface area is 228 Å². The summed E-state index contributed by atoms with van der Waals surface area (Å²) in [6.45, 7) is 12.4. The van der Waals surface area contributed by atoms with Gasteiger partial charge in [0.2, 0.25) is 0 Å².